The summed E-state index contributed by atoms with van der Waals surface area (Å²) in [6.07, 6.45) is 2.86. The van der Waals surface area contributed by atoms with Crippen LogP contribution in [0.1, 0.15) is 18.4 Å². The van der Waals surface area contributed by atoms with Crippen LogP contribution < -0.4 is 0 Å². The fourth-order valence-corrected chi connectivity index (χ4v) is 1.64. The third-order valence-electron chi connectivity index (χ3n) is 2.70. The molecule has 1 aromatic carbocycles. The van der Waals surface area contributed by atoms with Gasteiger partial charge in [-0.15, -0.1) is 0 Å². The molecule has 0 aromatic heterocycles. The molecule has 6 nitrogen and oxygen atoms in total. The summed E-state index contributed by atoms with van der Waals surface area (Å²) in [6.45, 7) is 0.924. The number of hydrogen-bond donors (Lipinski definition) is 0. The number of amides is 1. The molecule has 1 amide bonds. The Bertz CT molecular complexity index is 448. The van der Waals surface area contributed by atoms with Crippen molar-refractivity contribution in [1.82, 2.24) is 4.90 Å². The highest BCUT2D eigenvalue weighted by molar-refractivity contribution is 5.72. The number of aldehydes is 1. The summed E-state index contributed by atoms with van der Waals surface area (Å²) >= 11 is 0. The predicted molar refractivity (Wildman–Crippen MR) is 79.0 cm³/mol. The Morgan fingerprint density at radius 1 is 1.33 bits per heavy atom. The van der Waals surface area contributed by atoms with Gasteiger partial charge in [0, 0.05) is 13.0 Å². The molecule has 0 unspecified atom stereocenters. The lowest BCUT2D eigenvalue weighted by atomic mass is 10.2. The third-order valence-corrected chi connectivity index (χ3v) is 2.70. The molecule has 0 spiro atoms. The highest BCUT2D eigenvalue weighted by atomic mass is 16.6. The van der Waals surface area contributed by atoms with E-state index in [1.807, 2.05) is 30.3 Å². The van der Waals surface area contributed by atoms with Gasteiger partial charge in [0.2, 0.25) is 0 Å². The molecule has 0 aliphatic heterocycles. The first-order valence-corrected chi connectivity index (χ1v) is 6.72. The number of oxime groups is 1. The highest BCUT2D eigenvalue weighted by Gasteiger charge is 2.13. The first-order valence-electron chi connectivity index (χ1n) is 6.72. The average molecular weight is 292 g/mol. The summed E-state index contributed by atoms with van der Waals surface area (Å²) < 4.78 is 5.25. The van der Waals surface area contributed by atoms with Crippen molar-refractivity contribution in [2.24, 2.45) is 5.16 Å². The van der Waals surface area contributed by atoms with Crippen molar-refractivity contribution >= 4 is 18.6 Å². The minimum atomic E-state index is -0.438. The molecule has 0 fully saturated rings. The number of benzene rings is 1. The minimum Gasteiger partial charge on any atom is -0.445 e. The lowest BCUT2D eigenvalue weighted by Crippen LogP contribution is -2.34. The number of ether oxygens (including phenoxy) is 1. The number of carbonyl (C=O) groups excluding carboxylic acids is 2. The maximum Gasteiger partial charge on any atom is 0.410 e. The Labute approximate surface area is 124 Å². The molecule has 1 rings (SSSR count). The van der Waals surface area contributed by atoms with Gasteiger partial charge in [0.05, 0.1) is 12.8 Å². The maximum absolute atomic E-state index is 12.0. The van der Waals surface area contributed by atoms with Crippen LogP contribution in [0.25, 0.3) is 0 Å². The number of hydrogen-bond acceptors (Lipinski definition) is 5. The minimum absolute atomic E-state index is 0.214. The maximum atomic E-state index is 12.0. The van der Waals surface area contributed by atoms with Crippen molar-refractivity contribution < 1.29 is 19.2 Å². The highest BCUT2D eigenvalue weighted by Crippen LogP contribution is 2.04. The normalized spacial score (nSPS) is 10.3. The van der Waals surface area contributed by atoms with Gasteiger partial charge in [-0.2, -0.15) is 0 Å². The molecule has 0 heterocycles. The van der Waals surface area contributed by atoms with Gasteiger partial charge in [-0.3, -0.25) is 0 Å². The third kappa shape index (κ3) is 7.10. The van der Waals surface area contributed by atoms with Crippen molar-refractivity contribution in [1.29, 1.82) is 0 Å². The summed E-state index contributed by atoms with van der Waals surface area (Å²) in [5.74, 6) is 0. The van der Waals surface area contributed by atoms with Crippen LogP contribution in [-0.2, 0) is 21.0 Å². The summed E-state index contributed by atoms with van der Waals surface area (Å²) in [5.41, 5.74) is 0.921. The molecule has 0 saturated heterocycles. The quantitative estimate of drug-likeness (QED) is 0.303. The van der Waals surface area contributed by atoms with E-state index >= 15 is 0 Å². The molecular formula is C15H20N2O4. The Morgan fingerprint density at radius 2 is 2.10 bits per heavy atom. The smallest absolute Gasteiger partial charge is 0.410 e. The van der Waals surface area contributed by atoms with E-state index < -0.39 is 6.09 Å². The van der Waals surface area contributed by atoms with Crippen molar-refractivity contribution in [2.75, 3.05) is 20.2 Å². The summed E-state index contributed by atoms with van der Waals surface area (Å²) in [4.78, 5) is 28.4. The molecule has 0 aliphatic carbocycles. The number of carbonyl (C=O) groups is 2. The van der Waals surface area contributed by atoms with Gasteiger partial charge >= 0.3 is 6.09 Å². The van der Waals surface area contributed by atoms with Crippen LogP contribution in [0.3, 0.4) is 0 Å². The SMILES string of the molecule is CO/N=C/CN(CCCC=O)C(=O)OCc1ccccc1. The van der Waals surface area contributed by atoms with Gasteiger partial charge in [-0.25, -0.2) is 4.79 Å². The Kier molecular flexibility index (Phi) is 8.28. The van der Waals surface area contributed by atoms with Crippen molar-refractivity contribution in [3.05, 3.63) is 35.9 Å². The van der Waals surface area contributed by atoms with Crippen LogP contribution in [0, 0.1) is 0 Å². The number of unbranched alkanes of at least 4 members (excludes halogenated alkanes) is 1. The van der Waals surface area contributed by atoms with Gasteiger partial charge in [0.15, 0.2) is 0 Å². The zero-order valence-corrected chi connectivity index (χ0v) is 12.1. The van der Waals surface area contributed by atoms with E-state index in [0.29, 0.717) is 19.4 Å². The molecule has 0 N–H and O–H groups in total. The monoisotopic (exact) mass is 292 g/mol. The van der Waals surface area contributed by atoms with Crippen LogP contribution in [0.2, 0.25) is 0 Å². The molecule has 114 valence electrons. The molecule has 21 heavy (non-hydrogen) atoms. The molecule has 1 aromatic rings. The van der Waals surface area contributed by atoms with Crippen LogP contribution in [0.5, 0.6) is 0 Å². The van der Waals surface area contributed by atoms with E-state index in [4.69, 9.17) is 4.74 Å². The van der Waals surface area contributed by atoms with Crippen LogP contribution >= 0.6 is 0 Å². The van der Waals surface area contributed by atoms with Crippen molar-refractivity contribution in [2.45, 2.75) is 19.4 Å². The Morgan fingerprint density at radius 3 is 2.76 bits per heavy atom. The molecule has 0 radical (unpaired) electrons. The second-order valence-corrected chi connectivity index (χ2v) is 4.27. The van der Waals surface area contributed by atoms with Gasteiger partial charge < -0.3 is 19.3 Å². The van der Waals surface area contributed by atoms with E-state index in [2.05, 4.69) is 9.99 Å². The fraction of sp³-hybridized carbons (Fsp3) is 0.400. The van der Waals surface area contributed by atoms with E-state index in [1.165, 1.54) is 18.2 Å². The number of rotatable bonds is 9. The topological polar surface area (TPSA) is 68.2 Å². The molecule has 0 bridgehead atoms. The van der Waals surface area contributed by atoms with Crippen molar-refractivity contribution in [3.63, 3.8) is 0 Å². The van der Waals surface area contributed by atoms with Crippen molar-refractivity contribution in [3.8, 4) is 0 Å². The Balaban J connectivity index is 2.48. The first kappa shape index (κ1) is 16.7. The van der Waals surface area contributed by atoms with Crippen LogP contribution in [0.4, 0.5) is 4.79 Å². The van der Waals surface area contributed by atoms with Crippen LogP contribution in [-0.4, -0.2) is 43.7 Å². The number of nitrogens with zero attached hydrogens (tertiary/aromatic N) is 2. The molecule has 0 atom stereocenters. The molecular weight excluding hydrogens is 272 g/mol. The lowest BCUT2D eigenvalue weighted by molar-refractivity contribution is -0.108. The Hall–Kier alpha value is -2.37. The van der Waals surface area contributed by atoms with E-state index in [1.54, 1.807) is 0 Å². The molecule has 6 heteroatoms. The predicted octanol–water partition coefficient (Wildman–Crippen LogP) is 2.24. The zero-order valence-electron chi connectivity index (χ0n) is 12.1. The van der Waals surface area contributed by atoms with E-state index in [0.717, 1.165) is 11.8 Å². The second-order valence-electron chi connectivity index (χ2n) is 4.27. The summed E-state index contributed by atoms with van der Waals surface area (Å²) in [7, 11) is 1.43. The fourth-order valence-electron chi connectivity index (χ4n) is 1.64. The molecule has 0 aliphatic rings. The summed E-state index contributed by atoms with van der Waals surface area (Å²) in [5, 5.41) is 3.60. The summed E-state index contributed by atoms with van der Waals surface area (Å²) in [6, 6.07) is 9.44. The first-order chi connectivity index (χ1) is 10.3. The van der Waals surface area contributed by atoms with E-state index in [-0.39, 0.29) is 13.2 Å². The zero-order chi connectivity index (χ0) is 15.3. The standard InChI is InChI=1S/C15H20N2O4/c1-20-16-9-11-17(10-5-6-12-18)15(19)21-13-14-7-3-2-4-8-14/h2-4,7-9,12H,5-6,10-11,13H2,1H3/b16-9+. The largest absolute Gasteiger partial charge is 0.445 e. The van der Waals surface area contributed by atoms with Gasteiger partial charge in [0.1, 0.15) is 20.0 Å². The van der Waals surface area contributed by atoms with Crippen LogP contribution in [0.15, 0.2) is 35.5 Å². The van der Waals surface area contributed by atoms with E-state index in [9.17, 15) is 9.59 Å². The average Bonchev–Trinajstić information content (AvgIpc) is 2.52. The van der Waals surface area contributed by atoms with Gasteiger partial charge in [0.25, 0.3) is 0 Å². The van der Waals surface area contributed by atoms with Gasteiger partial charge in [-0.05, 0) is 12.0 Å². The lowest BCUT2D eigenvalue weighted by Gasteiger charge is -2.19. The molecule has 0 saturated carbocycles. The second kappa shape index (κ2) is 10.4. The van der Waals surface area contributed by atoms with Gasteiger partial charge in [-0.1, -0.05) is 35.5 Å².